The van der Waals surface area contributed by atoms with Gasteiger partial charge in [0.05, 0.1) is 0 Å². The molecular weight excluding hydrogens is 276 g/mol. The van der Waals surface area contributed by atoms with Gasteiger partial charge in [-0.15, -0.1) is 12.4 Å². The molecule has 0 aromatic heterocycles. The van der Waals surface area contributed by atoms with Crippen LogP contribution in [0.15, 0.2) is 0 Å². The molecule has 2 N–H and O–H groups in total. The molecule has 1 amide bonds. The van der Waals surface area contributed by atoms with Crippen LogP contribution >= 0.6 is 12.4 Å². The molecule has 0 aromatic rings. The predicted molar refractivity (Wildman–Crippen MR) is 83.3 cm³/mol. The van der Waals surface area contributed by atoms with Gasteiger partial charge in [0.25, 0.3) is 0 Å². The fraction of sp³-hybridized carbons (Fsp3) is 0.933. The van der Waals surface area contributed by atoms with Crippen LogP contribution in [0, 0.1) is 5.92 Å². The maximum atomic E-state index is 11.9. The highest BCUT2D eigenvalue weighted by atomic mass is 35.5. The highest BCUT2D eigenvalue weighted by Gasteiger charge is 2.33. The van der Waals surface area contributed by atoms with E-state index < -0.39 is 0 Å². The maximum Gasteiger partial charge on any atom is 0.220 e. The average molecular weight is 305 g/mol. The van der Waals surface area contributed by atoms with E-state index in [0.29, 0.717) is 18.0 Å². The van der Waals surface area contributed by atoms with E-state index >= 15 is 0 Å². The zero-order valence-electron chi connectivity index (χ0n) is 12.5. The topological polar surface area (TPSA) is 50.4 Å². The first-order valence-corrected chi connectivity index (χ1v) is 7.79. The summed E-state index contributed by atoms with van der Waals surface area (Å²) in [5.74, 6) is 0.852. The average Bonchev–Trinajstić information content (AvgIpc) is 2.73. The highest BCUT2D eigenvalue weighted by Crippen LogP contribution is 2.32. The normalized spacial score (nSPS) is 27.9. The van der Waals surface area contributed by atoms with Crippen molar-refractivity contribution in [3.05, 3.63) is 0 Å². The summed E-state index contributed by atoms with van der Waals surface area (Å²) in [4.78, 5) is 11.9. The standard InChI is InChI=1S/C15H28N2O2.ClH/c1-19-8-4-2-3-7-16-15(18)11-12-9-13-5-6-14(10-12)17-13;/h12-14,17H,2-11H2,1H3,(H,16,18);1H. The number of piperidine rings is 1. The molecule has 2 fully saturated rings. The number of methoxy groups -OCH3 is 1. The Kier molecular flexibility index (Phi) is 8.50. The molecule has 118 valence electrons. The lowest BCUT2D eigenvalue weighted by Crippen LogP contribution is -2.39. The fourth-order valence-corrected chi connectivity index (χ4v) is 3.45. The molecule has 4 nitrogen and oxygen atoms in total. The Hall–Kier alpha value is -0.320. The molecule has 0 saturated carbocycles. The SMILES string of the molecule is COCCCCCNC(=O)CC1CC2CCC(C1)N2.Cl. The van der Waals surface area contributed by atoms with Crippen molar-refractivity contribution < 1.29 is 9.53 Å². The summed E-state index contributed by atoms with van der Waals surface area (Å²) in [5, 5.41) is 6.68. The largest absolute Gasteiger partial charge is 0.385 e. The summed E-state index contributed by atoms with van der Waals surface area (Å²) in [6.07, 6.45) is 9.01. The first kappa shape index (κ1) is 17.7. The molecule has 2 rings (SSSR count). The smallest absolute Gasteiger partial charge is 0.220 e. The quantitative estimate of drug-likeness (QED) is 0.676. The van der Waals surface area contributed by atoms with Gasteiger partial charge in [0.15, 0.2) is 0 Å². The third-order valence-corrected chi connectivity index (χ3v) is 4.39. The third-order valence-electron chi connectivity index (χ3n) is 4.39. The van der Waals surface area contributed by atoms with Gasteiger partial charge < -0.3 is 15.4 Å². The Balaban J connectivity index is 0.00000200. The third kappa shape index (κ3) is 5.98. The first-order chi connectivity index (χ1) is 9.28. The molecule has 5 heteroatoms. The van der Waals surface area contributed by atoms with Gasteiger partial charge in [-0.2, -0.15) is 0 Å². The molecule has 0 spiro atoms. The lowest BCUT2D eigenvalue weighted by atomic mass is 9.89. The first-order valence-electron chi connectivity index (χ1n) is 7.79. The summed E-state index contributed by atoms with van der Waals surface area (Å²) in [6.45, 7) is 1.65. The summed E-state index contributed by atoms with van der Waals surface area (Å²) in [6, 6.07) is 1.37. The molecule has 2 saturated heterocycles. The van der Waals surface area contributed by atoms with Gasteiger partial charge in [-0.1, -0.05) is 0 Å². The van der Waals surface area contributed by atoms with Crippen molar-refractivity contribution in [2.45, 2.75) is 63.5 Å². The Morgan fingerprint density at radius 2 is 1.90 bits per heavy atom. The number of carbonyl (C=O) groups is 1. The zero-order chi connectivity index (χ0) is 13.5. The van der Waals surface area contributed by atoms with Crippen LogP contribution in [0.1, 0.15) is 51.4 Å². The van der Waals surface area contributed by atoms with Crippen molar-refractivity contribution in [2.24, 2.45) is 5.92 Å². The fourth-order valence-electron chi connectivity index (χ4n) is 3.45. The molecule has 2 aliphatic rings. The number of nitrogens with one attached hydrogen (secondary N) is 2. The van der Waals surface area contributed by atoms with Crippen LogP contribution in [0.2, 0.25) is 0 Å². The van der Waals surface area contributed by atoms with Crippen molar-refractivity contribution in [1.82, 2.24) is 10.6 Å². The van der Waals surface area contributed by atoms with E-state index in [0.717, 1.165) is 38.8 Å². The van der Waals surface area contributed by atoms with Crippen molar-refractivity contribution in [1.29, 1.82) is 0 Å². The van der Waals surface area contributed by atoms with Crippen molar-refractivity contribution in [3.63, 3.8) is 0 Å². The minimum Gasteiger partial charge on any atom is -0.385 e. The van der Waals surface area contributed by atoms with E-state index in [9.17, 15) is 4.79 Å². The Morgan fingerprint density at radius 3 is 2.55 bits per heavy atom. The number of ether oxygens (including phenoxy) is 1. The molecule has 2 bridgehead atoms. The molecule has 0 radical (unpaired) electrons. The number of rotatable bonds is 8. The molecule has 2 heterocycles. The van der Waals surface area contributed by atoms with E-state index in [1.807, 2.05) is 0 Å². The number of hydrogen-bond acceptors (Lipinski definition) is 3. The maximum absolute atomic E-state index is 11.9. The molecule has 0 aliphatic carbocycles. The van der Waals surface area contributed by atoms with E-state index in [-0.39, 0.29) is 18.3 Å². The van der Waals surface area contributed by atoms with Crippen molar-refractivity contribution in [2.75, 3.05) is 20.3 Å². The van der Waals surface area contributed by atoms with E-state index in [4.69, 9.17) is 4.74 Å². The summed E-state index contributed by atoms with van der Waals surface area (Å²) >= 11 is 0. The molecular formula is C15H29ClN2O2. The number of unbranched alkanes of at least 4 members (excludes halogenated alkanes) is 2. The predicted octanol–water partition coefficient (Wildman–Crippen LogP) is 2.26. The number of hydrogen-bond donors (Lipinski definition) is 2. The number of fused-ring (bicyclic) bond motifs is 2. The van der Waals surface area contributed by atoms with Gasteiger partial charge in [-0.25, -0.2) is 0 Å². The van der Waals surface area contributed by atoms with Crippen LogP contribution in [0.3, 0.4) is 0 Å². The summed E-state index contributed by atoms with van der Waals surface area (Å²) < 4.78 is 5.00. The summed E-state index contributed by atoms with van der Waals surface area (Å²) in [5.41, 5.74) is 0. The van der Waals surface area contributed by atoms with Gasteiger partial charge in [-0.05, 0) is 50.9 Å². The van der Waals surface area contributed by atoms with Crippen molar-refractivity contribution >= 4 is 18.3 Å². The van der Waals surface area contributed by atoms with Crippen LogP contribution in [-0.2, 0) is 9.53 Å². The Bertz CT molecular complexity index is 277. The molecule has 2 atom stereocenters. The van der Waals surface area contributed by atoms with Gasteiger partial charge in [-0.3, -0.25) is 4.79 Å². The van der Waals surface area contributed by atoms with Crippen LogP contribution in [0.5, 0.6) is 0 Å². The number of amides is 1. The Morgan fingerprint density at radius 1 is 1.20 bits per heavy atom. The second kappa shape index (κ2) is 9.59. The van der Waals surface area contributed by atoms with Crippen LogP contribution in [-0.4, -0.2) is 38.3 Å². The minimum atomic E-state index is 0. The molecule has 20 heavy (non-hydrogen) atoms. The van der Waals surface area contributed by atoms with Crippen LogP contribution < -0.4 is 10.6 Å². The lowest BCUT2D eigenvalue weighted by molar-refractivity contribution is -0.122. The van der Waals surface area contributed by atoms with E-state index in [1.165, 1.54) is 25.7 Å². The van der Waals surface area contributed by atoms with Gasteiger partial charge in [0.2, 0.25) is 5.91 Å². The second-order valence-corrected chi connectivity index (χ2v) is 6.08. The monoisotopic (exact) mass is 304 g/mol. The molecule has 0 aromatic carbocycles. The van der Waals surface area contributed by atoms with E-state index in [2.05, 4.69) is 10.6 Å². The van der Waals surface area contributed by atoms with Crippen molar-refractivity contribution in [3.8, 4) is 0 Å². The van der Waals surface area contributed by atoms with Gasteiger partial charge in [0, 0.05) is 38.8 Å². The summed E-state index contributed by atoms with van der Waals surface area (Å²) in [7, 11) is 1.73. The Labute approximate surface area is 128 Å². The minimum absolute atomic E-state index is 0. The van der Waals surface area contributed by atoms with Crippen LogP contribution in [0.25, 0.3) is 0 Å². The van der Waals surface area contributed by atoms with Gasteiger partial charge in [0.1, 0.15) is 0 Å². The molecule has 2 unspecified atom stereocenters. The van der Waals surface area contributed by atoms with E-state index in [1.54, 1.807) is 7.11 Å². The second-order valence-electron chi connectivity index (χ2n) is 6.08. The van der Waals surface area contributed by atoms with Gasteiger partial charge >= 0.3 is 0 Å². The lowest BCUT2D eigenvalue weighted by Gasteiger charge is -2.28. The van der Waals surface area contributed by atoms with Crippen LogP contribution in [0.4, 0.5) is 0 Å². The number of halogens is 1. The zero-order valence-corrected chi connectivity index (χ0v) is 13.3. The molecule has 2 aliphatic heterocycles. The highest BCUT2D eigenvalue weighted by molar-refractivity contribution is 5.85. The number of carbonyl (C=O) groups excluding carboxylic acids is 1.